The van der Waals surface area contributed by atoms with Crippen molar-refractivity contribution in [3.63, 3.8) is 0 Å². The number of esters is 1. The van der Waals surface area contributed by atoms with Gasteiger partial charge in [0.15, 0.2) is 13.2 Å². The summed E-state index contributed by atoms with van der Waals surface area (Å²) in [5, 5.41) is 4.69. The summed E-state index contributed by atoms with van der Waals surface area (Å²) in [7, 11) is 0. The molecule has 0 atom stereocenters. The molecule has 0 aliphatic rings. The van der Waals surface area contributed by atoms with Crippen molar-refractivity contribution >= 4 is 23.6 Å². The van der Waals surface area contributed by atoms with Gasteiger partial charge in [-0.05, 0) is 48.6 Å². The number of urea groups is 1. The number of anilines is 1. The summed E-state index contributed by atoms with van der Waals surface area (Å²) in [6.07, 6.45) is 0. The maximum Gasteiger partial charge on any atom is 0.344 e. The molecule has 0 aliphatic heterocycles. The highest BCUT2D eigenvalue weighted by molar-refractivity contribution is 6.02. The number of carbonyl (C=O) groups is 3. The minimum atomic E-state index is -0.736. The molecule has 3 amide bonds. The van der Waals surface area contributed by atoms with E-state index in [9.17, 15) is 14.4 Å². The van der Waals surface area contributed by atoms with Crippen LogP contribution >= 0.6 is 0 Å². The van der Waals surface area contributed by atoms with Crippen LogP contribution in [0.2, 0.25) is 0 Å². The molecule has 2 rings (SSSR count). The third kappa shape index (κ3) is 7.24. The van der Waals surface area contributed by atoms with Gasteiger partial charge in [-0.25, -0.2) is 9.59 Å². The maximum absolute atomic E-state index is 11.9. The van der Waals surface area contributed by atoms with Crippen molar-refractivity contribution in [1.82, 2.24) is 5.32 Å². The molecule has 2 aromatic rings. The van der Waals surface area contributed by atoms with Crippen LogP contribution < -0.4 is 15.4 Å². The van der Waals surface area contributed by atoms with Crippen LogP contribution in [-0.4, -0.2) is 31.1 Å². The molecule has 0 spiro atoms. The Hall–Kier alpha value is -3.35. The van der Waals surface area contributed by atoms with Gasteiger partial charge in [0.1, 0.15) is 5.75 Å². The first-order valence-electron chi connectivity index (χ1n) is 9.61. The highest BCUT2D eigenvalue weighted by Crippen LogP contribution is 2.24. The second kappa shape index (κ2) is 9.91. The Bertz CT molecular complexity index is 914. The summed E-state index contributed by atoms with van der Waals surface area (Å²) in [6.45, 7) is 9.19. The van der Waals surface area contributed by atoms with E-state index in [1.807, 2.05) is 38.1 Å². The van der Waals surface area contributed by atoms with Gasteiger partial charge < -0.3 is 14.8 Å². The quantitative estimate of drug-likeness (QED) is 0.703. The van der Waals surface area contributed by atoms with Crippen LogP contribution in [0.5, 0.6) is 5.75 Å². The molecule has 7 heteroatoms. The molecule has 0 fully saturated rings. The second-order valence-corrected chi connectivity index (χ2v) is 8.04. The molecule has 0 bridgehead atoms. The average Bonchev–Trinajstić information content (AvgIpc) is 2.66. The van der Waals surface area contributed by atoms with Gasteiger partial charge in [0, 0.05) is 5.69 Å². The summed E-state index contributed by atoms with van der Waals surface area (Å²) >= 11 is 0. The number of nitrogens with one attached hydrogen (secondary N) is 2. The highest BCUT2D eigenvalue weighted by Gasteiger charge is 2.14. The van der Waals surface area contributed by atoms with Gasteiger partial charge in [0.2, 0.25) is 0 Å². The van der Waals surface area contributed by atoms with Crippen molar-refractivity contribution in [3.8, 4) is 5.75 Å². The summed E-state index contributed by atoms with van der Waals surface area (Å²) in [5.41, 5.74) is 3.70. The van der Waals surface area contributed by atoms with Crippen LogP contribution in [0.1, 0.15) is 37.5 Å². The monoisotopic (exact) mass is 412 g/mol. The van der Waals surface area contributed by atoms with Crippen molar-refractivity contribution < 1.29 is 23.9 Å². The number of benzene rings is 2. The molecule has 30 heavy (non-hydrogen) atoms. The molecule has 0 aliphatic carbocycles. The van der Waals surface area contributed by atoms with Crippen LogP contribution in [0.15, 0.2) is 42.5 Å². The van der Waals surface area contributed by atoms with Crippen LogP contribution in [-0.2, 0) is 19.7 Å². The first-order valence-corrected chi connectivity index (χ1v) is 9.61. The van der Waals surface area contributed by atoms with E-state index < -0.39 is 24.5 Å². The molecule has 7 nitrogen and oxygen atoms in total. The van der Waals surface area contributed by atoms with Crippen LogP contribution in [0.3, 0.4) is 0 Å². The van der Waals surface area contributed by atoms with Gasteiger partial charge in [-0.15, -0.1) is 0 Å². The molecule has 2 aromatic carbocycles. The lowest BCUT2D eigenvalue weighted by atomic mass is 9.87. The van der Waals surface area contributed by atoms with Crippen molar-refractivity contribution in [2.75, 3.05) is 18.5 Å². The Balaban J connectivity index is 1.72. The molecular weight excluding hydrogens is 384 g/mol. The van der Waals surface area contributed by atoms with Gasteiger partial charge in [-0.2, -0.15) is 0 Å². The molecule has 0 heterocycles. The normalized spacial score (nSPS) is 10.8. The number of carbonyl (C=O) groups excluding carboxylic acids is 3. The van der Waals surface area contributed by atoms with E-state index >= 15 is 0 Å². The predicted molar refractivity (Wildman–Crippen MR) is 115 cm³/mol. The van der Waals surface area contributed by atoms with E-state index in [-0.39, 0.29) is 12.0 Å². The molecule has 0 saturated carbocycles. The number of rotatable bonds is 6. The van der Waals surface area contributed by atoms with Crippen LogP contribution in [0, 0.1) is 13.8 Å². The second-order valence-electron chi connectivity index (χ2n) is 8.04. The van der Waals surface area contributed by atoms with E-state index in [0.717, 1.165) is 16.7 Å². The number of ether oxygens (including phenoxy) is 2. The molecule has 160 valence electrons. The lowest BCUT2D eigenvalue weighted by molar-refractivity contribution is -0.150. The zero-order chi connectivity index (χ0) is 22.3. The van der Waals surface area contributed by atoms with E-state index in [1.165, 1.54) is 0 Å². The minimum absolute atomic E-state index is 0.0231. The molecule has 0 aromatic heterocycles. The smallest absolute Gasteiger partial charge is 0.344 e. The fourth-order valence-electron chi connectivity index (χ4n) is 2.65. The van der Waals surface area contributed by atoms with E-state index in [1.54, 1.807) is 18.2 Å². The largest absolute Gasteiger partial charge is 0.482 e. The first kappa shape index (κ1) is 22.9. The Morgan fingerprint density at radius 3 is 2.20 bits per heavy atom. The van der Waals surface area contributed by atoms with Gasteiger partial charge in [0.05, 0.1) is 0 Å². The van der Waals surface area contributed by atoms with Crippen molar-refractivity contribution in [2.24, 2.45) is 0 Å². The van der Waals surface area contributed by atoms with E-state index in [4.69, 9.17) is 9.47 Å². The zero-order valence-corrected chi connectivity index (χ0v) is 18.0. The predicted octanol–water partition coefficient (Wildman–Crippen LogP) is 3.87. The molecule has 2 N–H and O–H groups in total. The van der Waals surface area contributed by atoms with Gasteiger partial charge in [-0.1, -0.05) is 50.6 Å². The topological polar surface area (TPSA) is 93.7 Å². The Morgan fingerprint density at radius 1 is 0.933 bits per heavy atom. The number of hydrogen-bond acceptors (Lipinski definition) is 5. The van der Waals surface area contributed by atoms with Crippen molar-refractivity contribution in [1.29, 1.82) is 0 Å². The SMILES string of the molecule is Cc1ccc(NC(=O)NC(=O)COC(=O)COc2ccc(C(C)(C)C)cc2)c(C)c1. The first-order chi connectivity index (χ1) is 14.0. The number of aryl methyl sites for hydroxylation is 2. The molecule has 0 unspecified atom stereocenters. The molecule has 0 radical (unpaired) electrons. The zero-order valence-electron chi connectivity index (χ0n) is 18.0. The number of imide groups is 1. The van der Waals surface area contributed by atoms with Gasteiger partial charge in [-0.3, -0.25) is 10.1 Å². The number of amides is 3. The van der Waals surface area contributed by atoms with Gasteiger partial charge in [0.25, 0.3) is 5.91 Å². The van der Waals surface area contributed by atoms with Crippen molar-refractivity contribution in [2.45, 2.75) is 40.0 Å². The fourth-order valence-corrected chi connectivity index (χ4v) is 2.65. The van der Waals surface area contributed by atoms with E-state index in [2.05, 4.69) is 31.4 Å². The van der Waals surface area contributed by atoms with Crippen molar-refractivity contribution in [3.05, 3.63) is 59.2 Å². The lowest BCUT2D eigenvalue weighted by Gasteiger charge is -2.19. The summed E-state index contributed by atoms with van der Waals surface area (Å²) in [4.78, 5) is 35.5. The van der Waals surface area contributed by atoms with Crippen LogP contribution in [0.25, 0.3) is 0 Å². The number of hydrogen-bond donors (Lipinski definition) is 2. The third-order valence-corrected chi connectivity index (χ3v) is 4.32. The van der Waals surface area contributed by atoms with E-state index in [0.29, 0.717) is 11.4 Å². The molecule has 0 saturated heterocycles. The standard InChI is InChI=1S/C23H28N2O5/c1-15-6-11-19(16(2)12-15)24-22(28)25-20(26)13-30-21(27)14-29-18-9-7-17(8-10-18)23(3,4)5/h6-12H,13-14H2,1-5H3,(H2,24,25,26,28). The summed E-state index contributed by atoms with van der Waals surface area (Å²) in [5.74, 6) is -0.919. The Labute approximate surface area is 176 Å². The Kier molecular flexibility index (Phi) is 7.58. The fraction of sp³-hybridized carbons (Fsp3) is 0.348. The van der Waals surface area contributed by atoms with Crippen LogP contribution in [0.4, 0.5) is 10.5 Å². The summed E-state index contributed by atoms with van der Waals surface area (Å²) in [6, 6.07) is 12.2. The Morgan fingerprint density at radius 2 is 1.60 bits per heavy atom. The maximum atomic E-state index is 11.9. The third-order valence-electron chi connectivity index (χ3n) is 4.32. The minimum Gasteiger partial charge on any atom is -0.482 e. The van der Waals surface area contributed by atoms with Gasteiger partial charge >= 0.3 is 12.0 Å². The summed E-state index contributed by atoms with van der Waals surface area (Å²) < 4.78 is 10.2. The molecular formula is C23H28N2O5. The average molecular weight is 412 g/mol. The lowest BCUT2D eigenvalue weighted by Crippen LogP contribution is -2.37. The highest BCUT2D eigenvalue weighted by atomic mass is 16.6.